The van der Waals surface area contributed by atoms with Gasteiger partial charge in [0.15, 0.2) is 0 Å². The van der Waals surface area contributed by atoms with E-state index in [2.05, 4.69) is 21.4 Å². The number of nitrogens with zero attached hydrogens (tertiary/aromatic N) is 2. The Morgan fingerprint density at radius 3 is 2.79 bits per heavy atom. The van der Waals surface area contributed by atoms with Crippen LogP contribution in [0.15, 0.2) is 48.8 Å². The third-order valence-corrected chi connectivity index (χ3v) is 3.68. The average Bonchev–Trinajstić information content (AvgIpc) is 2.56. The van der Waals surface area contributed by atoms with Gasteiger partial charge in [-0.05, 0) is 50.1 Å². The fourth-order valence-electron chi connectivity index (χ4n) is 2.61. The standard InChI is InChI=1S/C19H22N4O/c1-13(2)24-18-6-4-3-5-14(18)9-10-21-19-16-11-15(20)7-8-17(16)22-12-23-19/h3-8,11-13H,9-10,20H2,1-2H3,(H,21,22,23). The Hall–Kier alpha value is -2.82. The lowest BCUT2D eigenvalue weighted by molar-refractivity contribution is 0.240. The van der Waals surface area contributed by atoms with Gasteiger partial charge in [0.1, 0.15) is 17.9 Å². The summed E-state index contributed by atoms with van der Waals surface area (Å²) < 4.78 is 5.86. The Morgan fingerprint density at radius 1 is 1.12 bits per heavy atom. The monoisotopic (exact) mass is 322 g/mol. The minimum absolute atomic E-state index is 0.160. The highest BCUT2D eigenvalue weighted by Gasteiger charge is 2.07. The molecule has 0 atom stereocenters. The third-order valence-electron chi connectivity index (χ3n) is 3.68. The predicted molar refractivity (Wildman–Crippen MR) is 98.4 cm³/mol. The lowest BCUT2D eigenvalue weighted by atomic mass is 10.1. The molecule has 0 radical (unpaired) electrons. The normalized spacial score (nSPS) is 11.0. The number of ether oxygens (including phenoxy) is 1. The van der Waals surface area contributed by atoms with E-state index in [0.717, 1.165) is 35.4 Å². The van der Waals surface area contributed by atoms with Crippen molar-refractivity contribution in [1.82, 2.24) is 9.97 Å². The van der Waals surface area contributed by atoms with Crippen LogP contribution in [0.25, 0.3) is 10.9 Å². The zero-order valence-electron chi connectivity index (χ0n) is 14.0. The molecule has 0 fully saturated rings. The van der Waals surface area contributed by atoms with E-state index >= 15 is 0 Å². The van der Waals surface area contributed by atoms with Gasteiger partial charge in [0.2, 0.25) is 0 Å². The van der Waals surface area contributed by atoms with Gasteiger partial charge < -0.3 is 15.8 Å². The summed E-state index contributed by atoms with van der Waals surface area (Å²) in [5, 5.41) is 4.32. The van der Waals surface area contributed by atoms with Gasteiger partial charge >= 0.3 is 0 Å². The van der Waals surface area contributed by atoms with Crippen LogP contribution >= 0.6 is 0 Å². The molecule has 124 valence electrons. The minimum atomic E-state index is 0.160. The van der Waals surface area contributed by atoms with Crippen molar-refractivity contribution in [2.45, 2.75) is 26.4 Å². The van der Waals surface area contributed by atoms with E-state index in [1.807, 2.05) is 50.2 Å². The van der Waals surface area contributed by atoms with E-state index in [9.17, 15) is 0 Å². The summed E-state index contributed by atoms with van der Waals surface area (Å²) in [7, 11) is 0. The van der Waals surface area contributed by atoms with Gasteiger partial charge in [-0.1, -0.05) is 18.2 Å². The largest absolute Gasteiger partial charge is 0.491 e. The molecular weight excluding hydrogens is 300 g/mol. The molecule has 0 unspecified atom stereocenters. The lowest BCUT2D eigenvalue weighted by Crippen LogP contribution is -2.11. The molecule has 3 rings (SSSR count). The molecule has 1 aromatic heterocycles. The number of para-hydroxylation sites is 1. The highest BCUT2D eigenvalue weighted by molar-refractivity contribution is 5.91. The van der Waals surface area contributed by atoms with Crippen molar-refractivity contribution in [3.63, 3.8) is 0 Å². The number of anilines is 2. The first-order valence-corrected chi connectivity index (χ1v) is 8.12. The van der Waals surface area contributed by atoms with Crippen molar-refractivity contribution in [2.24, 2.45) is 0 Å². The van der Waals surface area contributed by atoms with Crippen LogP contribution < -0.4 is 15.8 Å². The van der Waals surface area contributed by atoms with Gasteiger partial charge in [-0.2, -0.15) is 0 Å². The number of nitrogens with two attached hydrogens (primary N) is 1. The average molecular weight is 322 g/mol. The number of hydrogen-bond acceptors (Lipinski definition) is 5. The van der Waals surface area contributed by atoms with E-state index in [1.165, 1.54) is 5.56 Å². The highest BCUT2D eigenvalue weighted by Crippen LogP contribution is 2.23. The summed E-state index contributed by atoms with van der Waals surface area (Å²) in [4.78, 5) is 8.61. The summed E-state index contributed by atoms with van der Waals surface area (Å²) in [6, 6.07) is 13.8. The van der Waals surface area contributed by atoms with Gasteiger partial charge in [-0.15, -0.1) is 0 Å². The van der Waals surface area contributed by atoms with Gasteiger partial charge in [0.05, 0.1) is 11.6 Å². The summed E-state index contributed by atoms with van der Waals surface area (Å²) in [5.74, 6) is 1.74. The Bertz CT molecular complexity index is 832. The van der Waals surface area contributed by atoms with Crippen LogP contribution in [0, 0.1) is 0 Å². The van der Waals surface area contributed by atoms with Crippen molar-refractivity contribution >= 4 is 22.4 Å². The molecule has 3 N–H and O–H groups in total. The van der Waals surface area contributed by atoms with Crippen LogP contribution in [-0.4, -0.2) is 22.6 Å². The van der Waals surface area contributed by atoms with Crippen molar-refractivity contribution in [3.8, 4) is 5.75 Å². The molecule has 3 aromatic rings. The quantitative estimate of drug-likeness (QED) is 0.678. The van der Waals surface area contributed by atoms with Gasteiger partial charge in [0.25, 0.3) is 0 Å². The highest BCUT2D eigenvalue weighted by atomic mass is 16.5. The van der Waals surface area contributed by atoms with E-state index in [1.54, 1.807) is 6.33 Å². The first-order chi connectivity index (χ1) is 11.6. The van der Waals surface area contributed by atoms with Crippen molar-refractivity contribution in [1.29, 1.82) is 0 Å². The van der Waals surface area contributed by atoms with E-state index < -0.39 is 0 Å². The summed E-state index contributed by atoms with van der Waals surface area (Å²) in [6.07, 6.45) is 2.57. The molecule has 0 aliphatic carbocycles. The summed E-state index contributed by atoms with van der Waals surface area (Å²) >= 11 is 0. The van der Waals surface area contributed by atoms with Crippen molar-refractivity contribution in [3.05, 3.63) is 54.4 Å². The Morgan fingerprint density at radius 2 is 1.96 bits per heavy atom. The fraction of sp³-hybridized carbons (Fsp3) is 0.263. The van der Waals surface area contributed by atoms with Crippen LogP contribution in [0.3, 0.4) is 0 Å². The molecule has 5 nitrogen and oxygen atoms in total. The van der Waals surface area contributed by atoms with Gasteiger partial charge in [-0.3, -0.25) is 0 Å². The maximum Gasteiger partial charge on any atom is 0.137 e. The number of nitrogen functional groups attached to an aromatic ring is 1. The molecule has 0 saturated carbocycles. The summed E-state index contributed by atoms with van der Waals surface area (Å²) in [5.41, 5.74) is 8.64. The molecule has 24 heavy (non-hydrogen) atoms. The van der Waals surface area contributed by atoms with Gasteiger partial charge in [0, 0.05) is 17.6 Å². The lowest BCUT2D eigenvalue weighted by Gasteiger charge is -2.14. The first-order valence-electron chi connectivity index (χ1n) is 8.12. The zero-order chi connectivity index (χ0) is 16.9. The van der Waals surface area contributed by atoms with Crippen LogP contribution in [0.1, 0.15) is 19.4 Å². The topological polar surface area (TPSA) is 73.1 Å². The number of aromatic nitrogens is 2. The molecule has 1 heterocycles. The van der Waals surface area contributed by atoms with Crippen LogP contribution in [-0.2, 0) is 6.42 Å². The first kappa shape index (κ1) is 16.1. The molecule has 0 aliphatic heterocycles. The Balaban J connectivity index is 1.73. The van der Waals surface area contributed by atoms with Gasteiger partial charge in [-0.25, -0.2) is 9.97 Å². The minimum Gasteiger partial charge on any atom is -0.491 e. The van der Waals surface area contributed by atoms with Crippen molar-refractivity contribution < 1.29 is 4.74 Å². The second-order valence-corrected chi connectivity index (χ2v) is 5.95. The number of fused-ring (bicyclic) bond motifs is 1. The maximum absolute atomic E-state index is 5.88. The number of rotatable bonds is 6. The van der Waals surface area contributed by atoms with E-state index in [4.69, 9.17) is 10.5 Å². The molecular formula is C19H22N4O. The smallest absolute Gasteiger partial charge is 0.137 e. The number of benzene rings is 2. The zero-order valence-corrected chi connectivity index (χ0v) is 14.0. The second kappa shape index (κ2) is 7.17. The van der Waals surface area contributed by atoms with Crippen molar-refractivity contribution in [2.75, 3.05) is 17.6 Å². The van der Waals surface area contributed by atoms with Crippen LogP contribution in [0.2, 0.25) is 0 Å². The second-order valence-electron chi connectivity index (χ2n) is 5.95. The molecule has 0 aliphatic rings. The number of nitrogens with one attached hydrogen (secondary N) is 1. The van der Waals surface area contributed by atoms with E-state index in [-0.39, 0.29) is 6.10 Å². The molecule has 0 spiro atoms. The molecule has 0 bridgehead atoms. The Kier molecular flexibility index (Phi) is 4.79. The molecule has 0 saturated heterocycles. The fourth-order valence-corrected chi connectivity index (χ4v) is 2.61. The SMILES string of the molecule is CC(C)Oc1ccccc1CCNc1ncnc2ccc(N)cc12. The van der Waals surface area contributed by atoms with Crippen LogP contribution in [0.5, 0.6) is 5.75 Å². The van der Waals surface area contributed by atoms with E-state index in [0.29, 0.717) is 5.69 Å². The third kappa shape index (κ3) is 3.74. The molecule has 2 aromatic carbocycles. The summed E-state index contributed by atoms with van der Waals surface area (Å²) in [6.45, 7) is 4.82. The predicted octanol–water partition coefficient (Wildman–Crippen LogP) is 3.65. The van der Waals surface area contributed by atoms with Crippen LogP contribution in [0.4, 0.5) is 11.5 Å². The maximum atomic E-state index is 5.88. The molecule has 5 heteroatoms. The Labute approximate surface area is 141 Å². The molecule has 0 amide bonds. The number of hydrogen-bond donors (Lipinski definition) is 2.